The topological polar surface area (TPSA) is 38.8 Å². The highest BCUT2D eigenvalue weighted by Gasteiger charge is 2.54. The number of aryl methyl sites for hydroxylation is 1. The number of fused-ring (bicyclic) bond motifs is 1. The fourth-order valence-corrected chi connectivity index (χ4v) is 8.18. The van der Waals surface area contributed by atoms with Gasteiger partial charge in [-0.3, -0.25) is 0 Å². The van der Waals surface area contributed by atoms with Crippen molar-refractivity contribution in [3.63, 3.8) is 0 Å². The van der Waals surface area contributed by atoms with Crippen LogP contribution in [0.2, 0.25) is 0 Å². The van der Waals surface area contributed by atoms with Gasteiger partial charge in [0.05, 0.1) is 18.2 Å². The van der Waals surface area contributed by atoms with Gasteiger partial charge in [-0.25, -0.2) is 0 Å². The lowest BCUT2D eigenvalue weighted by atomic mass is 9.91. The standard InChI is InChI=1S/C24H33N2O2P/c1-25-23-16-6-7-17-24(23)26(2)29(25,27)18-9-8-11-20-12-10-15-22(19-20)28-21-13-4-3-5-14-21/h3-5,10,12-15,19,23-24H,6-9,11,16-18H2,1-2H3/t23-,24-/m0/s1. The summed E-state index contributed by atoms with van der Waals surface area (Å²) in [6.45, 7) is 0. The van der Waals surface area contributed by atoms with Gasteiger partial charge in [0, 0.05) is 14.1 Å². The Bertz CT molecular complexity index is 782. The van der Waals surface area contributed by atoms with Crippen molar-refractivity contribution >= 4 is 7.79 Å². The first kappa shape index (κ1) is 20.8. The molecule has 1 saturated carbocycles. The van der Waals surface area contributed by atoms with Gasteiger partial charge in [0.2, 0.25) is 0 Å². The lowest BCUT2D eigenvalue weighted by Gasteiger charge is -2.37. The molecule has 2 fully saturated rings. The van der Waals surface area contributed by atoms with E-state index in [0.717, 1.165) is 36.9 Å². The predicted molar refractivity (Wildman–Crippen MR) is 119 cm³/mol. The van der Waals surface area contributed by atoms with Crippen molar-refractivity contribution in [1.82, 2.24) is 9.34 Å². The van der Waals surface area contributed by atoms with Crippen molar-refractivity contribution in [2.24, 2.45) is 0 Å². The van der Waals surface area contributed by atoms with E-state index in [0.29, 0.717) is 12.1 Å². The molecule has 2 atom stereocenters. The number of para-hydroxylation sites is 1. The molecule has 0 spiro atoms. The van der Waals surface area contributed by atoms with E-state index >= 15 is 0 Å². The molecule has 4 rings (SSSR count). The van der Waals surface area contributed by atoms with Crippen molar-refractivity contribution in [3.8, 4) is 11.5 Å². The van der Waals surface area contributed by atoms with E-state index in [2.05, 4.69) is 41.6 Å². The van der Waals surface area contributed by atoms with Crippen LogP contribution in [0.3, 0.4) is 0 Å². The molecule has 2 aromatic carbocycles. The highest BCUT2D eigenvalue weighted by atomic mass is 31.2. The fourth-order valence-electron chi connectivity index (χ4n) is 5.00. The average Bonchev–Trinajstić information content (AvgIpc) is 2.94. The summed E-state index contributed by atoms with van der Waals surface area (Å²) in [7, 11) is 1.80. The molecule has 0 N–H and O–H groups in total. The van der Waals surface area contributed by atoms with Gasteiger partial charge in [-0.05, 0) is 61.9 Å². The Morgan fingerprint density at radius 3 is 2.24 bits per heavy atom. The normalized spacial score (nSPS) is 24.4. The maximum absolute atomic E-state index is 13.7. The Morgan fingerprint density at radius 2 is 1.55 bits per heavy atom. The van der Waals surface area contributed by atoms with Crippen LogP contribution in [0.4, 0.5) is 0 Å². The Labute approximate surface area is 176 Å². The maximum atomic E-state index is 13.7. The minimum atomic E-state index is -2.39. The van der Waals surface area contributed by atoms with Crippen LogP contribution in [0.25, 0.3) is 0 Å². The first-order valence-corrected chi connectivity index (χ1v) is 12.8. The Hall–Kier alpha value is -1.45. The molecule has 4 nitrogen and oxygen atoms in total. The number of hydrogen-bond acceptors (Lipinski definition) is 4. The van der Waals surface area contributed by atoms with Crippen molar-refractivity contribution in [2.75, 3.05) is 20.3 Å². The third-order valence-electron chi connectivity index (χ3n) is 6.68. The van der Waals surface area contributed by atoms with Crippen LogP contribution >= 0.6 is 7.79 Å². The molecule has 2 aliphatic rings. The van der Waals surface area contributed by atoms with Crippen molar-refractivity contribution in [2.45, 2.75) is 57.0 Å². The van der Waals surface area contributed by atoms with Crippen molar-refractivity contribution in [3.05, 3.63) is 60.2 Å². The van der Waals surface area contributed by atoms with Gasteiger partial charge in [-0.2, -0.15) is 9.34 Å². The zero-order valence-corrected chi connectivity index (χ0v) is 18.6. The number of hydrogen-bond donors (Lipinski definition) is 0. The minimum Gasteiger partial charge on any atom is -0.651 e. The zero-order valence-electron chi connectivity index (χ0n) is 17.7. The molecule has 0 aromatic heterocycles. The molecule has 0 amide bonds. The number of ether oxygens (including phenoxy) is 1. The second-order valence-electron chi connectivity index (χ2n) is 8.47. The average molecular weight is 413 g/mol. The molecular weight excluding hydrogens is 379 g/mol. The minimum absolute atomic E-state index is 0.492. The lowest BCUT2D eigenvalue weighted by Crippen LogP contribution is -2.37. The fraction of sp³-hybridized carbons (Fsp3) is 0.500. The summed E-state index contributed by atoms with van der Waals surface area (Å²) in [6.07, 6.45) is 8.79. The number of unbranched alkanes of at least 4 members (excludes halogenated alkanes) is 1. The Kier molecular flexibility index (Phi) is 6.56. The number of benzene rings is 2. The highest BCUT2D eigenvalue weighted by molar-refractivity contribution is 7.64. The highest BCUT2D eigenvalue weighted by Crippen LogP contribution is 2.65. The molecule has 0 bridgehead atoms. The predicted octanol–water partition coefficient (Wildman–Crippen LogP) is 5.11. The number of likely N-dealkylation sites (N-methyl/N-ethyl adjacent to an activating group) is 2. The van der Waals surface area contributed by atoms with Crippen LogP contribution in [0.15, 0.2) is 54.6 Å². The number of rotatable bonds is 7. The molecule has 2 aromatic rings. The van der Waals surface area contributed by atoms with Gasteiger partial charge in [0.15, 0.2) is 0 Å². The lowest BCUT2D eigenvalue weighted by molar-refractivity contribution is -0.189. The summed E-state index contributed by atoms with van der Waals surface area (Å²) in [5.41, 5.74) is 1.28. The summed E-state index contributed by atoms with van der Waals surface area (Å²) in [5, 5.41) is 0. The van der Waals surface area contributed by atoms with E-state index in [1.54, 1.807) is 0 Å². The summed E-state index contributed by atoms with van der Waals surface area (Å²) in [6, 6.07) is 19.2. The first-order valence-electron chi connectivity index (χ1n) is 11.0. The third-order valence-corrected chi connectivity index (χ3v) is 10.1. The van der Waals surface area contributed by atoms with Crippen molar-refractivity contribution < 1.29 is 9.63 Å². The smallest absolute Gasteiger partial charge is 0.127 e. The summed E-state index contributed by atoms with van der Waals surface area (Å²) in [4.78, 5) is 13.7. The molecule has 1 aliphatic heterocycles. The van der Waals surface area contributed by atoms with Gasteiger partial charge >= 0.3 is 0 Å². The third kappa shape index (κ3) is 4.51. The second kappa shape index (κ2) is 9.14. The molecule has 0 unspecified atom stereocenters. The van der Waals surface area contributed by atoms with E-state index in [-0.39, 0.29) is 0 Å². The van der Waals surface area contributed by atoms with Crippen LogP contribution in [0.1, 0.15) is 44.1 Å². The molecule has 5 heteroatoms. The van der Waals surface area contributed by atoms with E-state index in [1.807, 2.05) is 36.4 Å². The molecule has 1 aliphatic carbocycles. The quantitative estimate of drug-likeness (QED) is 0.468. The SMILES string of the molecule is CN1[C@H]2CCCC[C@@H]2N(C)[P+]1([O-])CCCCc1cccc(Oc2ccccc2)c1. The summed E-state index contributed by atoms with van der Waals surface area (Å²) in [5.74, 6) is 1.73. The largest absolute Gasteiger partial charge is 0.651 e. The van der Waals surface area contributed by atoms with Crippen LogP contribution in [-0.2, 0) is 6.42 Å². The monoisotopic (exact) mass is 412 g/mol. The zero-order chi connectivity index (χ0) is 20.3. The van der Waals surface area contributed by atoms with Gasteiger partial charge in [0.1, 0.15) is 19.3 Å². The van der Waals surface area contributed by atoms with Gasteiger partial charge in [0.25, 0.3) is 0 Å². The Balaban J connectivity index is 1.30. The molecule has 156 valence electrons. The van der Waals surface area contributed by atoms with Crippen LogP contribution < -0.4 is 9.63 Å². The number of nitrogens with zero attached hydrogens (tertiary/aromatic N) is 2. The first-order chi connectivity index (χ1) is 14.1. The molecule has 1 saturated heterocycles. The Morgan fingerprint density at radius 1 is 0.897 bits per heavy atom. The van der Waals surface area contributed by atoms with E-state index in [1.165, 1.54) is 31.2 Å². The second-order valence-corrected chi connectivity index (χ2v) is 11.5. The van der Waals surface area contributed by atoms with Gasteiger partial charge in [-0.15, -0.1) is 0 Å². The molecule has 1 heterocycles. The van der Waals surface area contributed by atoms with Gasteiger partial charge in [-0.1, -0.05) is 43.2 Å². The molecule has 0 radical (unpaired) electrons. The van der Waals surface area contributed by atoms with E-state index < -0.39 is 7.79 Å². The van der Waals surface area contributed by atoms with Crippen LogP contribution in [0, 0.1) is 0 Å². The summed E-state index contributed by atoms with van der Waals surface area (Å²) < 4.78 is 10.4. The van der Waals surface area contributed by atoms with Gasteiger partial charge < -0.3 is 9.63 Å². The van der Waals surface area contributed by atoms with Crippen molar-refractivity contribution in [1.29, 1.82) is 0 Å². The van der Waals surface area contributed by atoms with Crippen LogP contribution in [0.5, 0.6) is 11.5 Å². The molecular formula is C24H33N2O2P. The molecule has 29 heavy (non-hydrogen) atoms. The summed E-state index contributed by atoms with van der Waals surface area (Å²) >= 11 is 0. The van der Waals surface area contributed by atoms with Crippen LogP contribution in [-0.4, -0.2) is 41.7 Å². The maximum Gasteiger partial charge on any atom is 0.127 e. The van der Waals surface area contributed by atoms with E-state index in [4.69, 9.17) is 4.74 Å². The van der Waals surface area contributed by atoms with E-state index in [9.17, 15) is 4.89 Å².